The number of hydrogen-bond acceptors (Lipinski definition) is 3. The van der Waals surface area contributed by atoms with Crippen LogP contribution in [-0.4, -0.2) is 25.5 Å². The molecule has 1 amide bonds. The molecule has 0 aliphatic heterocycles. The van der Waals surface area contributed by atoms with Gasteiger partial charge in [0.1, 0.15) is 5.69 Å². The van der Waals surface area contributed by atoms with Crippen LogP contribution in [0.2, 0.25) is 0 Å². The monoisotopic (exact) mass is 339 g/mol. The maximum Gasteiger partial charge on any atom is 0.269 e. The van der Waals surface area contributed by atoms with Crippen LogP contribution < -0.4 is 5.32 Å². The van der Waals surface area contributed by atoms with Gasteiger partial charge in [-0.05, 0) is 37.5 Å². The molecule has 0 atom stereocenters. The van der Waals surface area contributed by atoms with Crippen LogP contribution in [0.4, 0.5) is 0 Å². The number of amides is 1. The van der Waals surface area contributed by atoms with Gasteiger partial charge in [-0.1, -0.05) is 25.5 Å². The second-order valence-electron chi connectivity index (χ2n) is 7.02. The van der Waals surface area contributed by atoms with Crippen LogP contribution >= 0.6 is 0 Å². The van der Waals surface area contributed by atoms with Crippen molar-refractivity contribution < 1.29 is 4.79 Å². The molecule has 0 saturated carbocycles. The number of nitrogens with zero attached hydrogens (tertiary/aromatic N) is 4. The normalized spacial score (nSPS) is 11.4. The van der Waals surface area contributed by atoms with Gasteiger partial charge in [-0.2, -0.15) is 10.2 Å². The van der Waals surface area contributed by atoms with Crippen molar-refractivity contribution >= 4 is 16.8 Å². The Bertz CT molecular complexity index is 919. The molecule has 1 N–H and O–H groups in total. The number of aromatic nitrogens is 4. The summed E-state index contributed by atoms with van der Waals surface area (Å²) in [4.78, 5) is 12.5. The highest BCUT2D eigenvalue weighted by atomic mass is 16.2. The van der Waals surface area contributed by atoms with Gasteiger partial charge in [-0.3, -0.25) is 14.2 Å². The average Bonchev–Trinajstić information content (AvgIpc) is 3.04. The van der Waals surface area contributed by atoms with Crippen LogP contribution in [0.5, 0.6) is 0 Å². The first-order valence-electron chi connectivity index (χ1n) is 8.58. The lowest BCUT2D eigenvalue weighted by Gasteiger charge is -2.04. The van der Waals surface area contributed by atoms with E-state index in [4.69, 9.17) is 0 Å². The summed E-state index contributed by atoms with van der Waals surface area (Å²) in [7, 11) is 3.72. The van der Waals surface area contributed by atoms with Gasteiger partial charge in [0.05, 0.1) is 23.4 Å². The molecule has 0 saturated heterocycles. The number of benzene rings is 1. The third-order valence-corrected chi connectivity index (χ3v) is 4.28. The molecule has 0 aliphatic rings. The van der Waals surface area contributed by atoms with Crippen molar-refractivity contribution in [1.82, 2.24) is 24.9 Å². The fraction of sp³-hybridized carbons (Fsp3) is 0.421. The van der Waals surface area contributed by atoms with Crippen molar-refractivity contribution in [1.29, 1.82) is 0 Å². The maximum absolute atomic E-state index is 12.5. The molecule has 3 rings (SSSR count). The Balaban J connectivity index is 1.77. The fourth-order valence-corrected chi connectivity index (χ4v) is 3.09. The predicted octanol–water partition coefficient (Wildman–Crippen LogP) is 2.74. The van der Waals surface area contributed by atoms with Crippen LogP contribution in [-0.2, 0) is 27.1 Å². The van der Waals surface area contributed by atoms with E-state index in [1.54, 1.807) is 11.7 Å². The third kappa shape index (κ3) is 3.57. The van der Waals surface area contributed by atoms with Crippen molar-refractivity contribution in [3.63, 3.8) is 0 Å². The summed E-state index contributed by atoms with van der Waals surface area (Å²) in [6.07, 6.45) is 0.866. The van der Waals surface area contributed by atoms with Gasteiger partial charge in [0, 0.05) is 19.5 Å². The quantitative estimate of drug-likeness (QED) is 0.777. The lowest BCUT2D eigenvalue weighted by atomic mass is 10.1. The molecule has 6 nitrogen and oxygen atoms in total. The third-order valence-electron chi connectivity index (χ3n) is 4.28. The lowest BCUT2D eigenvalue weighted by Crippen LogP contribution is -2.25. The maximum atomic E-state index is 12.5. The van der Waals surface area contributed by atoms with Crippen LogP contribution in [0.15, 0.2) is 24.3 Å². The number of carbonyl (C=O) groups is 1. The molecule has 0 unspecified atom stereocenters. The molecule has 0 radical (unpaired) electrons. The molecule has 0 fully saturated rings. The number of hydrogen-bond donors (Lipinski definition) is 1. The van der Waals surface area contributed by atoms with Crippen molar-refractivity contribution in [3.8, 4) is 0 Å². The zero-order valence-electron chi connectivity index (χ0n) is 15.5. The minimum absolute atomic E-state index is 0.128. The van der Waals surface area contributed by atoms with Gasteiger partial charge in [-0.15, -0.1) is 0 Å². The molecular weight excluding hydrogens is 314 g/mol. The Hall–Kier alpha value is -2.63. The van der Waals surface area contributed by atoms with E-state index in [0.717, 1.165) is 28.7 Å². The fourth-order valence-electron chi connectivity index (χ4n) is 3.09. The van der Waals surface area contributed by atoms with E-state index in [-0.39, 0.29) is 5.91 Å². The second kappa shape index (κ2) is 6.70. The van der Waals surface area contributed by atoms with Gasteiger partial charge >= 0.3 is 0 Å². The summed E-state index contributed by atoms with van der Waals surface area (Å²) in [5, 5.41) is 13.0. The zero-order valence-corrected chi connectivity index (χ0v) is 15.5. The SMILES string of the molecule is Cc1ccc2c(c1)c(CNC(=O)c1cc(CC(C)C)nn1C)nn2C. The smallest absolute Gasteiger partial charge is 0.269 e. The van der Waals surface area contributed by atoms with E-state index in [2.05, 4.69) is 54.5 Å². The number of nitrogens with one attached hydrogen (secondary N) is 1. The summed E-state index contributed by atoms with van der Waals surface area (Å²) >= 11 is 0. The molecule has 1 aromatic carbocycles. The second-order valence-corrected chi connectivity index (χ2v) is 7.02. The molecule has 0 spiro atoms. The highest BCUT2D eigenvalue weighted by Crippen LogP contribution is 2.19. The molecule has 0 bridgehead atoms. The van der Waals surface area contributed by atoms with E-state index in [9.17, 15) is 4.79 Å². The first-order valence-corrected chi connectivity index (χ1v) is 8.58. The molecule has 3 aromatic rings. The van der Waals surface area contributed by atoms with Crippen LogP contribution in [0.3, 0.4) is 0 Å². The molecule has 6 heteroatoms. The minimum atomic E-state index is -0.128. The summed E-state index contributed by atoms with van der Waals surface area (Å²) in [5.41, 5.74) is 4.64. The number of aryl methyl sites for hydroxylation is 3. The molecule has 0 aliphatic carbocycles. The Labute approximate surface area is 147 Å². The Morgan fingerprint density at radius 2 is 1.92 bits per heavy atom. The van der Waals surface area contributed by atoms with Crippen LogP contribution in [0, 0.1) is 12.8 Å². The van der Waals surface area contributed by atoms with E-state index in [1.807, 2.05) is 17.8 Å². The standard InChI is InChI=1S/C19H25N5O/c1-12(2)8-14-10-18(24(5)21-14)19(25)20-11-16-15-9-13(3)6-7-17(15)23(4)22-16/h6-7,9-10,12H,8,11H2,1-5H3,(H,20,25). The largest absolute Gasteiger partial charge is 0.345 e. The van der Waals surface area contributed by atoms with Crippen molar-refractivity contribution in [2.75, 3.05) is 0 Å². The first-order chi connectivity index (χ1) is 11.8. The molecule has 2 aromatic heterocycles. The Kier molecular flexibility index (Phi) is 4.61. The first kappa shape index (κ1) is 17.2. The predicted molar refractivity (Wildman–Crippen MR) is 98.4 cm³/mol. The summed E-state index contributed by atoms with van der Waals surface area (Å²) in [6, 6.07) is 8.10. The number of carbonyl (C=O) groups excluding carboxylic acids is 1. The van der Waals surface area contributed by atoms with Crippen molar-refractivity contribution in [3.05, 3.63) is 46.9 Å². The van der Waals surface area contributed by atoms with Gasteiger partial charge in [0.15, 0.2) is 0 Å². The lowest BCUT2D eigenvalue weighted by molar-refractivity contribution is 0.0941. The van der Waals surface area contributed by atoms with Crippen molar-refractivity contribution in [2.24, 2.45) is 20.0 Å². The van der Waals surface area contributed by atoms with Gasteiger partial charge in [0.25, 0.3) is 5.91 Å². The topological polar surface area (TPSA) is 64.7 Å². The van der Waals surface area contributed by atoms with Gasteiger partial charge in [-0.25, -0.2) is 0 Å². The highest BCUT2D eigenvalue weighted by molar-refractivity contribution is 5.93. The van der Waals surface area contributed by atoms with Crippen LogP contribution in [0.1, 0.15) is 41.3 Å². The summed E-state index contributed by atoms with van der Waals surface area (Å²) < 4.78 is 3.49. The average molecular weight is 339 g/mol. The minimum Gasteiger partial charge on any atom is -0.345 e. The number of rotatable bonds is 5. The summed E-state index contributed by atoms with van der Waals surface area (Å²) in [5.74, 6) is 0.380. The number of fused-ring (bicyclic) bond motifs is 1. The highest BCUT2D eigenvalue weighted by Gasteiger charge is 2.15. The van der Waals surface area contributed by atoms with Gasteiger partial charge in [0.2, 0.25) is 0 Å². The van der Waals surface area contributed by atoms with E-state index in [1.165, 1.54) is 5.56 Å². The van der Waals surface area contributed by atoms with Gasteiger partial charge < -0.3 is 5.32 Å². The Morgan fingerprint density at radius 3 is 2.64 bits per heavy atom. The van der Waals surface area contributed by atoms with E-state index in [0.29, 0.717) is 18.2 Å². The van der Waals surface area contributed by atoms with Crippen LogP contribution in [0.25, 0.3) is 10.9 Å². The molecule has 25 heavy (non-hydrogen) atoms. The van der Waals surface area contributed by atoms with E-state index >= 15 is 0 Å². The molecular formula is C19H25N5O. The molecule has 132 valence electrons. The molecule has 2 heterocycles. The summed E-state index contributed by atoms with van der Waals surface area (Å²) in [6.45, 7) is 6.73. The van der Waals surface area contributed by atoms with Crippen molar-refractivity contribution in [2.45, 2.75) is 33.7 Å². The zero-order chi connectivity index (χ0) is 18.1. The Morgan fingerprint density at radius 1 is 1.16 bits per heavy atom. The van der Waals surface area contributed by atoms with E-state index < -0.39 is 0 Å².